The maximum absolute atomic E-state index is 12.8. The molecular formula is C16H17FO2. The lowest BCUT2D eigenvalue weighted by Gasteiger charge is -2.12. The molecule has 0 aliphatic heterocycles. The molecule has 0 radical (unpaired) electrons. The van der Waals surface area contributed by atoms with Crippen molar-refractivity contribution in [2.45, 2.75) is 19.1 Å². The molecule has 1 unspecified atom stereocenters. The van der Waals surface area contributed by atoms with Gasteiger partial charge in [0.15, 0.2) is 0 Å². The zero-order valence-corrected chi connectivity index (χ0v) is 10.8. The standard InChI is InChI=1S/C16H17FO2/c1-19-11-13-3-2-4-14(9-13)16(18)10-12-5-7-15(17)8-6-12/h2-9,16,18H,10-11H2,1H3. The van der Waals surface area contributed by atoms with Crippen LogP contribution in [0.1, 0.15) is 22.8 Å². The van der Waals surface area contributed by atoms with Gasteiger partial charge in [0.05, 0.1) is 12.7 Å². The first-order valence-electron chi connectivity index (χ1n) is 6.19. The fourth-order valence-corrected chi connectivity index (χ4v) is 2.02. The van der Waals surface area contributed by atoms with Crippen molar-refractivity contribution in [3.8, 4) is 0 Å². The molecular weight excluding hydrogens is 243 g/mol. The summed E-state index contributed by atoms with van der Waals surface area (Å²) in [5.41, 5.74) is 2.78. The molecule has 1 atom stereocenters. The van der Waals surface area contributed by atoms with Crippen molar-refractivity contribution in [2.75, 3.05) is 7.11 Å². The summed E-state index contributed by atoms with van der Waals surface area (Å²) >= 11 is 0. The lowest BCUT2D eigenvalue weighted by Crippen LogP contribution is -2.02. The van der Waals surface area contributed by atoms with Gasteiger partial charge in [0.25, 0.3) is 0 Å². The summed E-state index contributed by atoms with van der Waals surface area (Å²) in [6, 6.07) is 13.9. The molecule has 0 bridgehead atoms. The van der Waals surface area contributed by atoms with E-state index in [4.69, 9.17) is 4.74 Å². The summed E-state index contributed by atoms with van der Waals surface area (Å²) in [5, 5.41) is 10.2. The van der Waals surface area contributed by atoms with E-state index in [9.17, 15) is 9.50 Å². The lowest BCUT2D eigenvalue weighted by atomic mass is 10.00. The number of benzene rings is 2. The summed E-state index contributed by atoms with van der Waals surface area (Å²) < 4.78 is 17.9. The molecule has 0 fully saturated rings. The van der Waals surface area contributed by atoms with Crippen molar-refractivity contribution in [2.24, 2.45) is 0 Å². The van der Waals surface area contributed by atoms with Crippen LogP contribution in [0.3, 0.4) is 0 Å². The second kappa shape index (κ2) is 6.45. The SMILES string of the molecule is COCc1cccc(C(O)Cc2ccc(F)cc2)c1. The third-order valence-corrected chi connectivity index (χ3v) is 2.99. The Morgan fingerprint density at radius 2 is 1.84 bits per heavy atom. The number of aliphatic hydroxyl groups excluding tert-OH is 1. The van der Waals surface area contributed by atoms with Crippen LogP contribution in [0, 0.1) is 5.82 Å². The van der Waals surface area contributed by atoms with Gasteiger partial charge in [-0.15, -0.1) is 0 Å². The van der Waals surface area contributed by atoms with E-state index in [0.29, 0.717) is 13.0 Å². The predicted octanol–water partition coefficient (Wildman–Crippen LogP) is 3.25. The average molecular weight is 260 g/mol. The van der Waals surface area contributed by atoms with Gasteiger partial charge >= 0.3 is 0 Å². The third-order valence-electron chi connectivity index (χ3n) is 2.99. The van der Waals surface area contributed by atoms with Crippen LogP contribution in [0.2, 0.25) is 0 Å². The first kappa shape index (κ1) is 13.7. The average Bonchev–Trinajstić information content (AvgIpc) is 2.42. The molecule has 0 heterocycles. The van der Waals surface area contributed by atoms with Gasteiger partial charge in [-0.3, -0.25) is 0 Å². The van der Waals surface area contributed by atoms with Crippen LogP contribution in [-0.4, -0.2) is 12.2 Å². The predicted molar refractivity (Wildman–Crippen MR) is 72.2 cm³/mol. The van der Waals surface area contributed by atoms with Crippen LogP contribution in [0.25, 0.3) is 0 Å². The number of halogens is 1. The largest absolute Gasteiger partial charge is 0.388 e. The number of hydrogen-bond donors (Lipinski definition) is 1. The maximum atomic E-state index is 12.8. The summed E-state index contributed by atoms with van der Waals surface area (Å²) in [4.78, 5) is 0. The van der Waals surface area contributed by atoms with Crippen molar-refractivity contribution < 1.29 is 14.2 Å². The molecule has 2 aromatic carbocycles. The van der Waals surface area contributed by atoms with E-state index < -0.39 is 6.10 Å². The van der Waals surface area contributed by atoms with Gasteiger partial charge in [0.1, 0.15) is 5.82 Å². The minimum Gasteiger partial charge on any atom is -0.388 e. The molecule has 0 aliphatic rings. The minimum atomic E-state index is -0.595. The van der Waals surface area contributed by atoms with E-state index in [-0.39, 0.29) is 5.82 Å². The monoisotopic (exact) mass is 260 g/mol. The Morgan fingerprint density at radius 1 is 1.11 bits per heavy atom. The van der Waals surface area contributed by atoms with E-state index in [1.807, 2.05) is 24.3 Å². The van der Waals surface area contributed by atoms with Crippen molar-refractivity contribution in [3.05, 3.63) is 71.0 Å². The molecule has 19 heavy (non-hydrogen) atoms. The lowest BCUT2D eigenvalue weighted by molar-refractivity contribution is 0.175. The molecule has 3 heteroatoms. The van der Waals surface area contributed by atoms with Crippen molar-refractivity contribution in [1.82, 2.24) is 0 Å². The zero-order valence-electron chi connectivity index (χ0n) is 10.8. The summed E-state index contributed by atoms with van der Waals surface area (Å²) in [7, 11) is 1.64. The van der Waals surface area contributed by atoms with E-state index in [2.05, 4.69) is 0 Å². The number of rotatable bonds is 5. The Balaban J connectivity index is 2.08. The molecule has 0 saturated carbocycles. The Bertz CT molecular complexity index is 523. The van der Waals surface area contributed by atoms with E-state index in [1.165, 1.54) is 12.1 Å². The summed E-state index contributed by atoms with van der Waals surface area (Å²) in [5.74, 6) is -0.264. The van der Waals surface area contributed by atoms with Crippen LogP contribution < -0.4 is 0 Å². The van der Waals surface area contributed by atoms with E-state index >= 15 is 0 Å². The first-order chi connectivity index (χ1) is 9.19. The Morgan fingerprint density at radius 3 is 2.53 bits per heavy atom. The molecule has 0 amide bonds. The fraction of sp³-hybridized carbons (Fsp3) is 0.250. The minimum absolute atomic E-state index is 0.264. The number of methoxy groups -OCH3 is 1. The van der Waals surface area contributed by atoms with Crippen molar-refractivity contribution in [1.29, 1.82) is 0 Å². The molecule has 2 aromatic rings. The van der Waals surface area contributed by atoms with E-state index in [1.54, 1.807) is 19.2 Å². The molecule has 2 rings (SSSR count). The molecule has 0 saturated heterocycles. The Hall–Kier alpha value is -1.71. The van der Waals surface area contributed by atoms with Gasteiger partial charge in [0, 0.05) is 13.5 Å². The Kier molecular flexibility index (Phi) is 4.66. The van der Waals surface area contributed by atoms with Gasteiger partial charge < -0.3 is 9.84 Å². The number of ether oxygens (including phenoxy) is 1. The van der Waals surface area contributed by atoms with Crippen LogP contribution in [0.4, 0.5) is 4.39 Å². The normalized spacial score (nSPS) is 12.4. The molecule has 1 N–H and O–H groups in total. The molecule has 0 spiro atoms. The van der Waals surface area contributed by atoms with Gasteiger partial charge in [-0.05, 0) is 28.8 Å². The van der Waals surface area contributed by atoms with Crippen LogP contribution >= 0.6 is 0 Å². The van der Waals surface area contributed by atoms with Gasteiger partial charge in [0.2, 0.25) is 0 Å². The van der Waals surface area contributed by atoms with E-state index in [0.717, 1.165) is 16.7 Å². The smallest absolute Gasteiger partial charge is 0.123 e. The second-order valence-corrected chi connectivity index (χ2v) is 4.52. The van der Waals surface area contributed by atoms with Gasteiger partial charge in [-0.25, -0.2) is 4.39 Å². The Labute approximate surface area is 112 Å². The van der Waals surface area contributed by atoms with Crippen molar-refractivity contribution >= 4 is 0 Å². The highest BCUT2D eigenvalue weighted by atomic mass is 19.1. The topological polar surface area (TPSA) is 29.5 Å². The third kappa shape index (κ3) is 3.88. The van der Waals surface area contributed by atoms with Crippen LogP contribution in [0.5, 0.6) is 0 Å². The molecule has 0 aromatic heterocycles. The molecule has 2 nitrogen and oxygen atoms in total. The van der Waals surface area contributed by atoms with Crippen LogP contribution in [0.15, 0.2) is 48.5 Å². The van der Waals surface area contributed by atoms with Gasteiger partial charge in [-0.1, -0.05) is 36.4 Å². The molecule has 0 aliphatic carbocycles. The number of hydrogen-bond acceptors (Lipinski definition) is 2. The van der Waals surface area contributed by atoms with Crippen molar-refractivity contribution in [3.63, 3.8) is 0 Å². The second-order valence-electron chi connectivity index (χ2n) is 4.52. The molecule has 100 valence electrons. The fourth-order valence-electron chi connectivity index (χ4n) is 2.02. The highest BCUT2D eigenvalue weighted by Crippen LogP contribution is 2.20. The van der Waals surface area contributed by atoms with Crippen LogP contribution in [-0.2, 0) is 17.8 Å². The first-order valence-corrected chi connectivity index (χ1v) is 6.19. The quantitative estimate of drug-likeness (QED) is 0.894. The highest BCUT2D eigenvalue weighted by Gasteiger charge is 2.09. The zero-order chi connectivity index (χ0) is 13.7. The van der Waals surface area contributed by atoms with Gasteiger partial charge in [-0.2, -0.15) is 0 Å². The highest BCUT2D eigenvalue weighted by molar-refractivity contribution is 5.27. The number of aliphatic hydroxyl groups is 1. The summed E-state index contributed by atoms with van der Waals surface area (Å²) in [6.07, 6.45) is -0.126. The maximum Gasteiger partial charge on any atom is 0.123 e. The summed E-state index contributed by atoms with van der Waals surface area (Å²) in [6.45, 7) is 0.525.